The summed E-state index contributed by atoms with van der Waals surface area (Å²) in [7, 11) is 0. The Kier molecular flexibility index (Phi) is 6.07. The summed E-state index contributed by atoms with van der Waals surface area (Å²) in [6.07, 6.45) is 2.36. The third kappa shape index (κ3) is 4.64. The molecule has 1 saturated heterocycles. The fourth-order valence-corrected chi connectivity index (χ4v) is 3.19. The first kappa shape index (κ1) is 19.3. The van der Waals surface area contributed by atoms with Gasteiger partial charge in [0, 0.05) is 24.9 Å². The van der Waals surface area contributed by atoms with Gasteiger partial charge in [0.2, 0.25) is 0 Å². The summed E-state index contributed by atoms with van der Waals surface area (Å²) in [6.45, 7) is 7.09. The van der Waals surface area contributed by atoms with Gasteiger partial charge in [-0.2, -0.15) is 0 Å². The molecule has 2 aromatic heterocycles. The average molecular weight is 390 g/mol. The van der Waals surface area contributed by atoms with Crippen molar-refractivity contribution >= 4 is 23.3 Å². The van der Waals surface area contributed by atoms with Crippen molar-refractivity contribution in [2.75, 3.05) is 19.7 Å². The van der Waals surface area contributed by atoms with Crippen LogP contribution in [-0.4, -0.2) is 62.1 Å². The van der Waals surface area contributed by atoms with Crippen molar-refractivity contribution < 1.29 is 14.3 Å². The Balaban J connectivity index is 1.58. The van der Waals surface area contributed by atoms with Gasteiger partial charge < -0.3 is 15.0 Å². The third-order valence-corrected chi connectivity index (χ3v) is 5.07. The molecule has 0 aliphatic carbocycles. The molecular weight excluding hydrogens is 368 g/mol. The molecule has 1 unspecified atom stereocenters. The van der Waals surface area contributed by atoms with E-state index in [-0.39, 0.29) is 24.3 Å². The smallest absolute Gasteiger partial charge is 0.257 e. The predicted octanol–water partition coefficient (Wildman–Crippen LogP) is 0.917. The molecule has 0 bridgehead atoms. The molecule has 1 fully saturated rings. The molecule has 2 amide bonds. The number of hydrogen-bond donors (Lipinski definition) is 1. The molecule has 10 heteroatoms. The quantitative estimate of drug-likeness (QED) is 0.808. The van der Waals surface area contributed by atoms with Gasteiger partial charge in [0.1, 0.15) is 5.82 Å². The van der Waals surface area contributed by atoms with E-state index < -0.39 is 6.10 Å². The fraction of sp³-hybridized carbons (Fsp3) is 0.529. The van der Waals surface area contributed by atoms with Crippen LogP contribution >= 0.6 is 11.5 Å². The van der Waals surface area contributed by atoms with Crippen molar-refractivity contribution in [1.82, 2.24) is 29.8 Å². The molecule has 9 nitrogen and oxygen atoms in total. The first-order chi connectivity index (χ1) is 13.0. The number of nitrogens with one attached hydrogen (secondary N) is 1. The number of carbonyl (C=O) groups is 2. The van der Waals surface area contributed by atoms with Crippen LogP contribution in [0.2, 0.25) is 0 Å². The Bertz CT molecular complexity index is 807. The van der Waals surface area contributed by atoms with Gasteiger partial charge in [-0.15, -0.1) is 5.10 Å². The van der Waals surface area contributed by atoms with Crippen molar-refractivity contribution in [2.24, 2.45) is 0 Å². The zero-order valence-electron chi connectivity index (χ0n) is 15.5. The van der Waals surface area contributed by atoms with Crippen LogP contribution in [0, 0.1) is 6.92 Å². The lowest BCUT2D eigenvalue weighted by molar-refractivity contribution is -0.137. The van der Waals surface area contributed by atoms with Gasteiger partial charge in [-0.1, -0.05) is 18.3 Å². The molecule has 0 aromatic carbocycles. The maximum absolute atomic E-state index is 12.7. The van der Waals surface area contributed by atoms with Gasteiger partial charge >= 0.3 is 0 Å². The van der Waals surface area contributed by atoms with Crippen LogP contribution in [0.25, 0.3) is 0 Å². The highest BCUT2D eigenvalue weighted by Gasteiger charge is 2.30. The molecule has 144 valence electrons. The highest BCUT2D eigenvalue weighted by molar-refractivity contribution is 7.05. The second kappa shape index (κ2) is 8.49. The summed E-state index contributed by atoms with van der Waals surface area (Å²) in [5, 5.41) is 6.73. The van der Waals surface area contributed by atoms with Crippen LogP contribution < -0.4 is 5.32 Å². The van der Waals surface area contributed by atoms with Gasteiger partial charge in [0.15, 0.2) is 6.10 Å². The minimum Gasteiger partial charge on any atom is -0.365 e. The van der Waals surface area contributed by atoms with Crippen molar-refractivity contribution in [3.63, 3.8) is 0 Å². The lowest BCUT2D eigenvalue weighted by Gasteiger charge is -2.32. The van der Waals surface area contributed by atoms with E-state index >= 15 is 0 Å². The van der Waals surface area contributed by atoms with Gasteiger partial charge in [-0.3, -0.25) is 9.59 Å². The number of nitrogens with zero attached hydrogens (tertiary/aromatic N) is 5. The number of aryl methyl sites for hydroxylation is 1. The van der Waals surface area contributed by atoms with Crippen molar-refractivity contribution in [1.29, 1.82) is 0 Å². The highest BCUT2D eigenvalue weighted by Crippen LogP contribution is 2.13. The number of aromatic nitrogens is 4. The summed E-state index contributed by atoms with van der Waals surface area (Å²) >= 11 is 1.25. The molecule has 1 aliphatic rings. The molecule has 27 heavy (non-hydrogen) atoms. The van der Waals surface area contributed by atoms with Crippen LogP contribution in [0.3, 0.4) is 0 Å². The zero-order valence-corrected chi connectivity index (χ0v) is 16.3. The average Bonchev–Trinajstić information content (AvgIpc) is 3.10. The number of ether oxygens (including phenoxy) is 1. The van der Waals surface area contributed by atoms with Crippen LogP contribution in [0.1, 0.15) is 46.5 Å². The number of rotatable bonds is 5. The van der Waals surface area contributed by atoms with Crippen LogP contribution in [0.4, 0.5) is 0 Å². The molecule has 0 radical (unpaired) electrons. The Morgan fingerprint density at radius 1 is 1.37 bits per heavy atom. The lowest BCUT2D eigenvalue weighted by Crippen LogP contribution is -2.51. The van der Waals surface area contributed by atoms with Gasteiger partial charge in [-0.05, 0) is 18.5 Å². The van der Waals surface area contributed by atoms with E-state index in [1.54, 1.807) is 4.90 Å². The number of amides is 2. The SMILES string of the molecule is Cc1nnsc1CNC(=O)C1CN(C(=O)c2cnc(C(C)C)nc2)CCO1. The Labute approximate surface area is 161 Å². The number of carbonyl (C=O) groups excluding carboxylic acids is 2. The predicted molar refractivity (Wildman–Crippen MR) is 98.3 cm³/mol. The summed E-state index contributed by atoms with van der Waals surface area (Å²) in [5.41, 5.74) is 1.21. The fourth-order valence-electron chi connectivity index (χ4n) is 2.62. The van der Waals surface area contributed by atoms with E-state index in [1.165, 1.54) is 23.9 Å². The van der Waals surface area contributed by atoms with Gasteiger partial charge in [0.25, 0.3) is 11.8 Å². The summed E-state index contributed by atoms with van der Waals surface area (Å²) in [6, 6.07) is 0. The molecule has 3 heterocycles. The van der Waals surface area contributed by atoms with Crippen molar-refractivity contribution in [2.45, 2.75) is 39.3 Å². The maximum atomic E-state index is 12.7. The summed E-state index contributed by atoms with van der Waals surface area (Å²) < 4.78 is 9.38. The normalized spacial score (nSPS) is 17.2. The highest BCUT2D eigenvalue weighted by atomic mass is 32.1. The molecule has 1 aliphatic heterocycles. The second-order valence-electron chi connectivity index (χ2n) is 6.59. The van der Waals surface area contributed by atoms with Gasteiger partial charge in [0.05, 0.1) is 35.8 Å². The lowest BCUT2D eigenvalue weighted by atomic mass is 10.2. The molecule has 1 N–H and O–H groups in total. The largest absolute Gasteiger partial charge is 0.365 e. The van der Waals surface area contributed by atoms with E-state index in [1.807, 2.05) is 20.8 Å². The van der Waals surface area contributed by atoms with Crippen LogP contribution in [0.15, 0.2) is 12.4 Å². The second-order valence-corrected chi connectivity index (χ2v) is 7.43. The summed E-state index contributed by atoms with van der Waals surface area (Å²) in [4.78, 5) is 36.0. The molecule has 2 aromatic rings. The standard InChI is InChI=1S/C17H22N6O3S/c1-10(2)15-18-6-12(7-19-15)17(25)23-4-5-26-13(9-23)16(24)20-8-14-11(3)21-22-27-14/h6-7,10,13H,4-5,8-9H2,1-3H3,(H,20,24). The van der Waals surface area contributed by atoms with Crippen molar-refractivity contribution in [3.05, 3.63) is 34.4 Å². The van der Waals surface area contributed by atoms with E-state index in [2.05, 4.69) is 24.9 Å². The van der Waals surface area contributed by atoms with Crippen LogP contribution in [-0.2, 0) is 16.1 Å². The van der Waals surface area contributed by atoms with Crippen molar-refractivity contribution in [3.8, 4) is 0 Å². The first-order valence-electron chi connectivity index (χ1n) is 8.74. The zero-order chi connectivity index (χ0) is 19.4. The maximum Gasteiger partial charge on any atom is 0.257 e. The van der Waals surface area contributed by atoms with E-state index in [4.69, 9.17) is 4.74 Å². The topological polar surface area (TPSA) is 110 Å². The molecule has 3 rings (SSSR count). The molecule has 1 atom stereocenters. The van der Waals surface area contributed by atoms with Gasteiger partial charge in [-0.25, -0.2) is 9.97 Å². The minimum atomic E-state index is -0.709. The summed E-state index contributed by atoms with van der Waals surface area (Å²) in [5.74, 6) is 0.433. The Morgan fingerprint density at radius 3 is 2.74 bits per heavy atom. The van der Waals surface area contributed by atoms with E-state index in [0.717, 1.165) is 10.6 Å². The third-order valence-electron chi connectivity index (χ3n) is 4.25. The van der Waals surface area contributed by atoms with E-state index in [9.17, 15) is 9.59 Å². The van der Waals surface area contributed by atoms with E-state index in [0.29, 0.717) is 31.1 Å². The molecular formula is C17H22N6O3S. The number of hydrogen-bond acceptors (Lipinski definition) is 8. The minimum absolute atomic E-state index is 0.191. The Hall–Kier alpha value is -2.46. The van der Waals surface area contributed by atoms with Crippen LogP contribution in [0.5, 0.6) is 0 Å². The molecule has 0 spiro atoms. The number of morpholine rings is 1. The monoisotopic (exact) mass is 390 g/mol. The first-order valence-corrected chi connectivity index (χ1v) is 9.51. The molecule has 0 saturated carbocycles. The Morgan fingerprint density at radius 2 is 2.11 bits per heavy atom.